The van der Waals surface area contributed by atoms with E-state index in [9.17, 15) is 14.9 Å². The smallest absolute Gasteiger partial charge is 0.335 e. The van der Waals surface area contributed by atoms with Crippen LogP contribution in [0.1, 0.15) is 25.3 Å². The Hall–Kier alpha value is -4.95. The highest BCUT2D eigenvalue weighted by molar-refractivity contribution is 5.97. The van der Waals surface area contributed by atoms with Crippen LogP contribution in [0.25, 0.3) is 16.9 Å². The zero-order chi connectivity index (χ0) is 27.6. The number of hydrogen-bond acceptors (Lipinski definition) is 8. The highest BCUT2D eigenvalue weighted by atomic mass is 16.5. The molecule has 11 heteroatoms. The topological polar surface area (TPSA) is 144 Å². The highest BCUT2D eigenvalue weighted by Gasteiger charge is 2.33. The van der Waals surface area contributed by atoms with Crippen LogP contribution in [0.3, 0.4) is 0 Å². The Labute approximate surface area is 230 Å². The number of nitrogens with zero attached hydrogens (tertiary/aromatic N) is 6. The molecule has 2 aliphatic rings. The molecular formula is C29H28N8O3. The number of imidazole rings is 1. The van der Waals surface area contributed by atoms with Gasteiger partial charge in [-0.2, -0.15) is 5.26 Å². The maximum atomic E-state index is 13.9. The van der Waals surface area contributed by atoms with Gasteiger partial charge in [-0.3, -0.25) is 13.9 Å². The first-order valence-corrected chi connectivity index (χ1v) is 13.2. The van der Waals surface area contributed by atoms with E-state index in [-0.39, 0.29) is 41.6 Å². The Balaban J connectivity index is 1.30. The third-order valence-electron chi connectivity index (χ3n) is 7.39. The quantitative estimate of drug-likeness (QED) is 0.283. The average molecular weight is 537 g/mol. The van der Waals surface area contributed by atoms with E-state index >= 15 is 0 Å². The summed E-state index contributed by atoms with van der Waals surface area (Å²) in [6, 6.07) is 18.3. The fraction of sp³-hybridized carbons (Fsp3) is 0.276. The molecule has 2 aromatic heterocycles. The van der Waals surface area contributed by atoms with Gasteiger partial charge in [0.15, 0.2) is 11.5 Å². The van der Waals surface area contributed by atoms with Crippen LogP contribution < -0.4 is 21.5 Å². The molecule has 0 saturated carbocycles. The van der Waals surface area contributed by atoms with Crippen LogP contribution in [0.4, 0.5) is 5.82 Å². The molecular weight excluding hydrogens is 508 g/mol. The number of carbonyl (C=O) groups is 1. The van der Waals surface area contributed by atoms with E-state index in [1.807, 2.05) is 30.3 Å². The van der Waals surface area contributed by atoms with E-state index in [0.717, 1.165) is 19.4 Å². The largest absolute Gasteiger partial charge is 0.457 e. The van der Waals surface area contributed by atoms with Crippen LogP contribution >= 0.6 is 0 Å². The van der Waals surface area contributed by atoms with E-state index in [4.69, 9.17) is 10.5 Å². The summed E-state index contributed by atoms with van der Waals surface area (Å²) in [6.07, 6.45) is 5.51. The van der Waals surface area contributed by atoms with E-state index in [2.05, 4.69) is 21.4 Å². The number of fused-ring (bicyclic) bond motifs is 1. The zero-order valence-corrected chi connectivity index (χ0v) is 21.7. The third-order valence-corrected chi connectivity index (χ3v) is 7.39. The number of nitrogens with one attached hydrogen (secondary N) is 1. The maximum absolute atomic E-state index is 13.9. The predicted octanol–water partition coefficient (Wildman–Crippen LogP) is 2.93. The van der Waals surface area contributed by atoms with Crippen molar-refractivity contribution < 1.29 is 9.53 Å². The number of amides is 1. The number of ether oxygens (including phenoxy) is 1. The van der Waals surface area contributed by atoms with Crippen molar-refractivity contribution in [2.75, 3.05) is 25.4 Å². The molecule has 2 aromatic carbocycles. The Bertz CT molecular complexity index is 1680. The maximum Gasteiger partial charge on any atom is 0.335 e. The first-order valence-electron chi connectivity index (χ1n) is 13.2. The van der Waals surface area contributed by atoms with Crippen LogP contribution in [0.2, 0.25) is 0 Å². The monoisotopic (exact) mass is 536 g/mol. The molecule has 2 saturated heterocycles. The predicted molar refractivity (Wildman–Crippen MR) is 149 cm³/mol. The van der Waals surface area contributed by atoms with Crippen LogP contribution in [0.5, 0.6) is 11.5 Å². The van der Waals surface area contributed by atoms with E-state index in [1.54, 1.807) is 39.8 Å². The zero-order valence-electron chi connectivity index (χ0n) is 21.7. The Kier molecular flexibility index (Phi) is 6.76. The molecule has 4 aromatic rings. The number of hydrogen-bond donors (Lipinski definition) is 2. The average Bonchev–Trinajstić information content (AvgIpc) is 3.72. The lowest BCUT2D eigenvalue weighted by molar-refractivity contribution is -0.125. The van der Waals surface area contributed by atoms with Crippen molar-refractivity contribution in [2.24, 2.45) is 0 Å². The molecule has 11 nitrogen and oxygen atoms in total. The number of nitrogen functional groups attached to an aromatic ring is 1. The molecule has 202 valence electrons. The molecule has 0 spiro atoms. The van der Waals surface area contributed by atoms with Gasteiger partial charge in [0.2, 0.25) is 0 Å². The molecule has 2 fully saturated rings. The number of nitrogens with two attached hydrogens (primary N) is 1. The van der Waals surface area contributed by atoms with Gasteiger partial charge in [0, 0.05) is 19.1 Å². The molecule has 0 bridgehead atoms. The van der Waals surface area contributed by atoms with Crippen molar-refractivity contribution >= 4 is 22.9 Å². The lowest BCUT2D eigenvalue weighted by Gasteiger charge is -2.17. The molecule has 2 aliphatic heterocycles. The summed E-state index contributed by atoms with van der Waals surface area (Å²) in [7, 11) is 0. The van der Waals surface area contributed by atoms with E-state index in [0.29, 0.717) is 41.3 Å². The van der Waals surface area contributed by atoms with Crippen molar-refractivity contribution in [1.29, 1.82) is 5.26 Å². The number of para-hydroxylation sites is 1. The Morgan fingerprint density at radius 2 is 1.88 bits per heavy atom. The number of rotatable bonds is 6. The first-order chi connectivity index (χ1) is 19.5. The summed E-state index contributed by atoms with van der Waals surface area (Å²) >= 11 is 0. The van der Waals surface area contributed by atoms with Crippen LogP contribution in [-0.2, 0) is 4.79 Å². The lowest BCUT2D eigenvalue weighted by atomic mass is 10.1. The molecule has 4 heterocycles. The second-order valence-electron chi connectivity index (χ2n) is 9.92. The standard InChI is InChI=1S/C29H28N8O3/c30-16-19(15-20-5-4-13-32-20)28(38)35-14-12-22(17-35)37-27-25(26(31)33-18-34-27)36(29(37)39)21-8-10-24(11-9-21)40-23-6-2-1-3-7-23/h1-3,6-11,15,18,20,22,32H,4-5,12-14,17H2,(H2,31,33,34)/t20-,22-/m0/s1. The highest BCUT2D eigenvalue weighted by Crippen LogP contribution is 2.29. The Morgan fingerprint density at radius 3 is 2.60 bits per heavy atom. The number of likely N-dealkylation sites (tertiary alicyclic amines) is 1. The van der Waals surface area contributed by atoms with Gasteiger partial charge in [0.05, 0.1) is 11.7 Å². The minimum atomic E-state index is -0.334. The number of aromatic nitrogens is 4. The molecule has 0 unspecified atom stereocenters. The number of benzene rings is 2. The van der Waals surface area contributed by atoms with Gasteiger partial charge in [-0.25, -0.2) is 14.8 Å². The van der Waals surface area contributed by atoms with Crippen molar-refractivity contribution in [2.45, 2.75) is 31.3 Å². The van der Waals surface area contributed by atoms with Gasteiger partial charge in [0.25, 0.3) is 5.91 Å². The number of anilines is 1. The summed E-state index contributed by atoms with van der Waals surface area (Å²) in [6.45, 7) is 1.58. The second-order valence-corrected chi connectivity index (χ2v) is 9.92. The molecule has 0 radical (unpaired) electrons. The van der Waals surface area contributed by atoms with E-state index < -0.39 is 0 Å². The normalized spacial score (nSPS) is 19.2. The van der Waals surface area contributed by atoms with Crippen molar-refractivity contribution in [3.63, 3.8) is 0 Å². The summed E-state index contributed by atoms with van der Waals surface area (Å²) in [4.78, 5) is 37.3. The van der Waals surface area contributed by atoms with Crippen LogP contribution in [0.15, 0.2) is 77.4 Å². The molecule has 0 aliphatic carbocycles. The van der Waals surface area contributed by atoms with Gasteiger partial charge in [-0.15, -0.1) is 0 Å². The van der Waals surface area contributed by atoms with Crippen LogP contribution in [-0.4, -0.2) is 55.6 Å². The second kappa shape index (κ2) is 10.7. The minimum Gasteiger partial charge on any atom is -0.457 e. The SMILES string of the molecule is N#CC(=C[C@@H]1CCCN1)C(=O)N1CC[C@H](n2c(=O)n(-c3ccc(Oc4ccccc4)cc3)c3c(N)ncnc32)C1. The number of nitriles is 1. The van der Waals surface area contributed by atoms with Crippen molar-refractivity contribution in [3.05, 3.63) is 83.1 Å². The van der Waals surface area contributed by atoms with E-state index in [1.165, 1.54) is 10.9 Å². The molecule has 2 atom stereocenters. The molecule has 6 rings (SSSR count). The minimum absolute atomic E-state index is 0.0294. The van der Waals surface area contributed by atoms with Gasteiger partial charge >= 0.3 is 5.69 Å². The fourth-order valence-electron chi connectivity index (χ4n) is 5.44. The first kappa shape index (κ1) is 25.3. The number of carbonyl (C=O) groups excluding carboxylic acids is 1. The summed E-state index contributed by atoms with van der Waals surface area (Å²) in [5.74, 6) is 1.18. The van der Waals surface area contributed by atoms with Gasteiger partial charge in [-0.1, -0.05) is 18.2 Å². The van der Waals surface area contributed by atoms with Gasteiger partial charge in [-0.05, 0) is 68.3 Å². The summed E-state index contributed by atoms with van der Waals surface area (Å²) in [5.41, 5.74) is 7.43. The lowest BCUT2D eigenvalue weighted by Crippen LogP contribution is -2.33. The molecule has 3 N–H and O–H groups in total. The van der Waals surface area contributed by atoms with Crippen molar-refractivity contribution in [3.8, 4) is 23.3 Å². The van der Waals surface area contributed by atoms with Gasteiger partial charge < -0.3 is 20.7 Å². The van der Waals surface area contributed by atoms with Crippen molar-refractivity contribution in [1.82, 2.24) is 29.3 Å². The summed E-state index contributed by atoms with van der Waals surface area (Å²) < 4.78 is 8.97. The molecule has 1 amide bonds. The van der Waals surface area contributed by atoms with Gasteiger partial charge in [0.1, 0.15) is 35.0 Å². The third kappa shape index (κ3) is 4.69. The summed E-state index contributed by atoms with van der Waals surface area (Å²) in [5, 5.41) is 12.9. The molecule has 40 heavy (non-hydrogen) atoms. The Morgan fingerprint density at radius 1 is 1.10 bits per heavy atom. The fourth-order valence-corrected chi connectivity index (χ4v) is 5.44. The van der Waals surface area contributed by atoms with Crippen LogP contribution in [0, 0.1) is 11.3 Å².